The second-order valence-corrected chi connectivity index (χ2v) is 5.33. The lowest BCUT2D eigenvalue weighted by atomic mass is 10.1. The van der Waals surface area contributed by atoms with Crippen molar-refractivity contribution in [1.29, 1.82) is 0 Å². The van der Waals surface area contributed by atoms with Crippen molar-refractivity contribution >= 4 is 22.0 Å². The maximum absolute atomic E-state index is 5.45. The van der Waals surface area contributed by atoms with Gasteiger partial charge < -0.3 is 5.73 Å². The fraction of sp³-hybridized carbons (Fsp3) is 0.429. The Labute approximate surface area is 112 Å². The van der Waals surface area contributed by atoms with Crippen LogP contribution in [0.2, 0.25) is 0 Å². The molecule has 1 fully saturated rings. The van der Waals surface area contributed by atoms with Crippen LogP contribution in [-0.2, 0) is 6.54 Å². The van der Waals surface area contributed by atoms with Crippen molar-refractivity contribution in [3.8, 4) is 0 Å². The molecule has 1 aromatic rings. The molecule has 0 spiro atoms. The van der Waals surface area contributed by atoms with Gasteiger partial charge in [-0.2, -0.15) is 0 Å². The van der Waals surface area contributed by atoms with Crippen LogP contribution in [0.3, 0.4) is 0 Å². The largest absolute Gasteiger partial charge is 0.327 e. The Kier molecular flexibility index (Phi) is 4.77. The summed E-state index contributed by atoms with van der Waals surface area (Å²) in [5.41, 5.74) is 8.02. The van der Waals surface area contributed by atoms with Gasteiger partial charge in [0.1, 0.15) is 0 Å². The van der Waals surface area contributed by atoms with Crippen molar-refractivity contribution in [3.63, 3.8) is 0 Å². The third kappa shape index (κ3) is 3.66. The zero-order valence-corrected chi connectivity index (χ0v) is 11.6. The fourth-order valence-corrected chi connectivity index (χ4v) is 2.70. The first kappa shape index (κ1) is 12.8. The first-order valence-corrected chi connectivity index (χ1v) is 6.96. The van der Waals surface area contributed by atoms with Gasteiger partial charge in [-0.3, -0.25) is 4.90 Å². The molecule has 2 N–H and O–H groups in total. The van der Waals surface area contributed by atoms with E-state index in [0.29, 0.717) is 6.54 Å². The van der Waals surface area contributed by atoms with Crippen LogP contribution in [0, 0.1) is 0 Å². The van der Waals surface area contributed by atoms with E-state index < -0.39 is 0 Å². The molecule has 0 unspecified atom stereocenters. The number of hydrogen-bond acceptors (Lipinski definition) is 2. The van der Waals surface area contributed by atoms with E-state index in [0.717, 1.165) is 6.54 Å². The predicted octanol–water partition coefficient (Wildman–Crippen LogP) is 3.02. The number of nitrogens with two attached hydrogens (primary N) is 1. The standard InChI is InChI=1S/C14H19BrN2/c15-14-10-12(4-3-7-16)5-6-13(14)11-17-8-1-2-9-17/h3-6,10H,1-2,7-9,11,16H2/b4-3+. The number of hydrogen-bond donors (Lipinski definition) is 1. The average Bonchev–Trinajstić information content (AvgIpc) is 2.82. The van der Waals surface area contributed by atoms with Crippen LogP contribution in [-0.4, -0.2) is 24.5 Å². The van der Waals surface area contributed by atoms with E-state index in [1.54, 1.807) is 0 Å². The Hall–Kier alpha value is -0.640. The fourth-order valence-electron chi connectivity index (χ4n) is 2.18. The summed E-state index contributed by atoms with van der Waals surface area (Å²) in [5, 5.41) is 0. The van der Waals surface area contributed by atoms with Crippen LogP contribution in [0.15, 0.2) is 28.7 Å². The molecule has 1 aliphatic heterocycles. The van der Waals surface area contributed by atoms with Crippen molar-refractivity contribution in [2.24, 2.45) is 5.73 Å². The van der Waals surface area contributed by atoms with Gasteiger partial charge in [0.05, 0.1) is 0 Å². The lowest BCUT2D eigenvalue weighted by molar-refractivity contribution is 0.331. The van der Waals surface area contributed by atoms with Crippen LogP contribution in [0.1, 0.15) is 24.0 Å². The number of likely N-dealkylation sites (tertiary alicyclic amines) is 1. The third-order valence-electron chi connectivity index (χ3n) is 3.12. The first-order valence-electron chi connectivity index (χ1n) is 6.17. The highest BCUT2D eigenvalue weighted by atomic mass is 79.9. The number of halogens is 1. The normalized spacial score (nSPS) is 17.1. The first-order chi connectivity index (χ1) is 8.29. The predicted molar refractivity (Wildman–Crippen MR) is 76.7 cm³/mol. The highest BCUT2D eigenvalue weighted by Gasteiger charge is 2.12. The van der Waals surface area contributed by atoms with Crippen LogP contribution in [0.4, 0.5) is 0 Å². The summed E-state index contributed by atoms with van der Waals surface area (Å²) >= 11 is 3.65. The van der Waals surface area contributed by atoms with Gasteiger partial charge >= 0.3 is 0 Å². The molecule has 0 amide bonds. The highest BCUT2D eigenvalue weighted by molar-refractivity contribution is 9.10. The van der Waals surface area contributed by atoms with Gasteiger partial charge in [0.15, 0.2) is 0 Å². The number of rotatable bonds is 4. The molecule has 0 aromatic heterocycles. The maximum Gasteiger partial charge on any atom is 0.0244 e. The SMILES string of the molecule is NC/C=C/c1ccc(CN2CCCC2)c(Br)c1. The van der Waals surface area contributed by atoms with E-state index in [2.05, 4.69) is 45.1 Å². The Bertz CT molecular complexity index is 395. The van der Waals surface area contributed by atoms with Gasteiger partial charge in [0, 0.05) is 17.6 Å². The van der Waals surface area contributed by atoms with Gasteiger partial charge in [-0.05, 0) is 43.1 Å². The zero-order valence-electron chi connectivity index (χ0n) is 10.0. The minimum atomic E-state index is 0.590. The van der Waals surface area contributed by atoms with Crippen molar-refractivity contribution in [1.82, 2.24) is 4.90 Å². The molecule has 1 saturated heterocycles. The van der Waals surface area contributed by atoms with Crippen molar-refractivity contribution in [2.75, 3.05) is 19.6 Å². The Morgan fingerprint density at radius 3 is 2.71 bits per heavy atom. The Morgan fingerprint density at radius 1 is 1.29 bits per heavy atom. The second kappa shape index (κ2) is 6.34. The molecular weight excluding hydrogens is 276 g/mol. The summed E-state index contributed by atoms with van der Waals surface area (Å²) in [6.07, 6.45) is 6.72. The van der Waals surface area contributed by atoms with Crippen LogP contribution in [0.25, 0.3) is 6.08 Å². The molecule has 17 heavy (non-hydrogen) atoms. The number of nitrogens with zero attached hydrogens (tertiary/aromatic N) is 1. The van der Waals surface area contributed by atoms with Gasteiger partial charge in [-0.15, -0.1) is 0 Å². The third-order valence-corrected chi connectivity index (χ3v) is 3.85. The Morgan fingerprint density at radius 2 is 2.06 bits per heavy atom. The van der Waals surface area contributed by atoms with Crippen LogP contribution in [0.5, 0.6) is 0 Å². The lowest BCUT2D eigenvalue weighted by Gasteiger charge is -2.15. The number of benzene rings is 1. The zero-order chi connectivity index (χ0) is 12.1. The van der Waals surface area contributed by atoms with Crippen LogP contribution < -0.4 is 5.73 Å². The summed E-state index contributed by atoms with van der Waals surface area (Å²) in [4.78, 5) is 2.51. The molecule has 92 valence electrons. The van der Waals surface area contributed by atoms with E-state index in [9.17, 15) is 0 Å². The minimum Gasteiger partial charge on any atom is -0.327 e. The van der Waals surface area contributed by atoms with E-state index in [1.165, 1.54) is 41.5 Å². The molecule has 2 nitrogen and oxygen atoms in total. The topological polar surface area (TPSA) is 29.3 Å². The van der Waals surface area contributed by atoms with Crippen LogP contribution >= 0.6 is 15.9 Å². The molecule has 0 bridgehead atoms. The molecule has 0 radical (unpaired) electrons. The van der Waals surface area contributed by atoms with Gasteiger partial charge in [0.25, 0.3) is 0 Å². The van der Waals surface area contributed by atoms with E-state index in [-0.39, 0.29) is 0 Å². The second-order valence-electron chi connectivity index (χ2n) is 4.47. The molecule has 1 aromatic carbocycles. The van der Waals surface area contributed by atoms with Crippen molar-refractivity contribution in [2.45, 2.75) is 19.4 Å². The molecule has 0 atom stereocenters. The smallest absolute Gasteiger partial charge is 0.0244 e. The molecule has 0 aliphatic carbocycles. The van der Waals surface area contributed by atoms with E-state index >= 15 is 0 Å². The lowest BCUT2D eigenvalue weighted by Crippen LogP contribution is -2.18. The molecule has 1 aliphatic rings. The summed E-state index contributed by atoms with van der Waals surface area (Å²) < 4.78 is 1.20. The molecule has 0 saturated carbocycles. The summed E-state index contributed by atoms with van der Waals surface area (Å²) in [5.74, 6) is 0. The van der Waals surface area contributed by atoms with Crippen molar-refractivity contribution < 1.29 is 0 Å². The quantitative estimate of drug-likeness (QED) is 0.925. The van der Waals surface area contributed by atoms with Crippen molar-refractivity contribution in [3.05, 3.63) is 39.9 Å². The van der Waals surface area contributed by atoms with Gasteiger partial charge in [0.2, 0.25) is 0 Å². The molecule has 2 rings (SSSR count). The molecule has 1 heterocycles. The maximum atomic E-state index is 5.45. The summed E-state index contributed by atoms with van der Waals surface area (Å²) in [7, 11) is 0. The van der Waals surface area contributed by atoms with E-state index in [4.69, 9.17) is 5.73 Å². The molecule has 3 heteroatoms. The van der Waals surface area contributed by atoms with Gasteiger partial charge in [-0.25, -0.2) is 0 Å². The Balaban J connectivity index is 2.05. The summed E-state index contributed by atoms with van der Waals surface area (Å²) in [6, 6.07) is 6.53. The monoisotopic (exact) mass is 294 g/mol. The average molecular weight is 295 g/mol. The van der Waals surface area contributed by atoms with Gasteiger partial charge in [-0.1, -0.05) is 40.2 Å². The van der Waals surface area contributed by atoms with E-state index in [1.807, 2.05) is 6.08 Å². The molecular formula is C14H19BrN2. The highest BCUT2D eigenvalue weighted by Crippen LogP contribution is 2.22. The summed E-state index contributed by atoms with van der Waals surface area (Å²) in [6.45, 7) is 4.12. The minimum absolute atomic E-state index is 0.590.